The molecule has 5 nitrogen and oxygen atoms in total. The number of aryl methyl sites for hydroxylation is 1. The Bertz CT molecular complexity index is 508. The topological polar surface area (TPSA) is 79.3 Å². The van der Waals surface area contributed by atoms with Gasteiger partial charge in [-0.05, 0) is 6.92 Å². The fraction of sp³-hybridized carbons (Fsp3) is 0.545. The van der Waals surface area contributed by atoms with E-state index in [0.717, 1.165) is 9.88 Å². The van der Waals surface area contributed by atoms with Gasteiger partial charge in [0.25, 0.3) is 11.5 Å². The fourth-order valence-electron chi connectivity index (χ4n) is 1.02. The predicted molar refractivity (Wildman–Crippen MR) is 72.7 cm³/mol. The maximum Gasteiger partial charge on any atom is 0.490 e. The Hall–Kier alpha value is -1.42. The van der Waals surface area contributed by atoms with E-state index in [2.05, 4.69) is 10.3 Å². The Morgan fingerprint density at radius 1 is 1.50 bits per heavy atom. The molecular weight excluding hydrogens is 352 g/mol. The number of carboxylic acids is 1. The molecule has 0 saturated carbocycles. The second kappa shape index (κ2) is 8.89. The zero-order valence-electron chi connectivity index (χ0n) is 11.4. The summed E-state index contributed by atoms with van der Waals surface area (Å²) in [4.78, 5) is 25.0. The van der Waals surface area contributed by atoms with E-state index < -0.39 is 23.7 Å². The van der Waals surface area contributed by atoms with Crippen LogP contribution in [-0.2, 0) is 9.59 Å². The highest BCUT2D eigenvalue weighted by molar-refractivity contribution is 7.11. The van der Waals surface area contributed by atoms with Gasteiger partial charge < -0.3 is 10.4 Å². The van der Waals surface area contributed by atoms with E-state index in [1.165, 1.54) is 0 Å². The van der Waals surface area contributed by atoms with Gasteiger partial charge in [-0.3, -0.25) is 4.79 Å². The normalized spacial score (nSPS) is 13.6. The van der Waals surface area contributed by atoms with E-state index in [-0.39, 0.29) is 5.92 Å². The van der Waals surface area contributed by atoms with Crippen molar-refractivity contribution in [3.8, 4) is 0 Å². The standard InChI is InChI=1S/C9H12ClFN2OS.C2HF3O2/c1-5(3-12-8(14)7(10)11)9-13-4-6(2)15-9;3-2(4,5)1(6)7/h4-5,7H,3H2,1-2H3,(H,12,14);(H,6,7). The molecule has 1 aromatic rings. The van der Waals surface area contributed by atoms with Crippen molar-refractivity contribution in [2.45, 2.75) is 31.6 Å². The average Bonchev–Trinajstić information content (AvgIpc) is 2.81. The van der Waals surface area contributed by atoms with Gasteiger partial charge in [0.2, 0.25) is 0 Å². The molecule has 0 spiro atoms. The van der Waals surface area contributed by atoms with E-state index in [1.807, 2.05) is 13.8 Å². The maximum absolute atomic E-state index is 12.3. The number of nitrogens with one attached hydrogen (secondary N) is 1. The van der Waals surface area contributed by atoms with Gasteiger partial charge in [-0.1, -0.05) is 18.5 Å². The molecule has 0 radical (unpaired) electrons. The molecular formula is C11H13ClF4N2O3S. The van der Waals surface area contributed by atoms with Crippen molar-refractivity contribution in [1.82, 2.24) is 10.3 Å². The summed E-state index contributed by atoms with van der Waals surface area (Å²) in [7, 11) is 0. The molecule has 0 aliphatic rings. The van der Waals surface area contributed by atoms with E-state index in [9.17, 15) is 22.4 Å². The number of rotatable bonds is 4. The summed E-state index contributed by atoms with van der Waals surface area (Å²) in [5.74, 6) is -3.48. The van der Waals surface area contributed by atoms with Crippen LogP contribution in [-0.4, -0.2) is 40.3 Å². The van der Waals surface area contributed by atoms with Gasteiger partial charge >= 0.3 is 12.1 Å². The van der Waals surface area contributed by atoms with Crippen LogP contribution in [0.25, 0.3) is 0 Å². The molecule has 0 saturated heterocycles. The van der Waals surface area contributed by atoms with E-state index in [1.54, 1.807) is 17.5 Å². The third-order valence-corrected chi connectivity index (χ3v) is 3.43. The minimum Gasteiger partial charge on any atom is -0.475 e. The lowest BCUT2D eigenvalue weighted by Crippen LogP contribution is -2.31. The van der Waals surface area contributed by atoms with Crippen LogP contribution < -0.4 is 5.32 Å². The number of halogens is 5. The van der Waals surface area contributed by atoms with E-state index in [0.29, 0.717) is 6.54 Å². The number of thiazole rings is 1. The van der Waals surface area contributed by atoms with Crippen LogP contribution in [0, 0.1) is 6.92 Å². The van der Waals surface area contributed by atoms with Crippen molar-refractivity contribution >= 4 is 34.8 Å². The predicted octanol–water partition coefficient (Wildman–Crippen LogP) is 2.84. The lowest BCUT2D eigenvalue weighted by Gasteiger charge is -2.09. The summed E-state index contributed by atoms with van der Waals surface area (Å²) in [5.41, 5.74) is -1.98. The maximum atomic E-state index is 12.3. The zero-order chi connectivity index (χ0) is 17.5. The van der Waals surface area contributed by atoms with Crippen LogP contribution in [0.5, 0.6) is 0 Å². The van der Waals surface area contributed by atoms with Gasteiger partial charge in [0, 0.05) is 23.5 Å². The minimum atomic E-state index is -5.08. The summed E-state index contributed by atoms with van der Waals surface area (Å²) in [6.07, 6.45) is -3.31. The number of aromatic nitrogens is 1. The first kappa shape index (κ1) is 20.6. The summed E-state index contributed by atoms with van der Waals surface area (Å²) in [6, 6.07) is 0. The molecule has 11 heteroatoms. The number of nitrogens with zero attached hydrogens (tertiary/aromatic N) is 1. The van der Waals surface area contributed by atoms with Crippen molar-refractivity contribution in [2.24, 2.45) is 0 Å². The second-order valence-electron chi connectivity index (χ2n) is 4.06. The number of aliphatic carboxylic acids is 1. The summed E-state index contributed by atoms with van der Waals surface area (Å²) < 4.78 is 44.0. The summed E-state index contributed by atoms with van der Waals surface area (Å²) in [5, 5.41) is 10.5. The lowest BCUT2D eigenvalue weighted by molar-refractivity contribution is -0.192. The minimum absolute atomic E-state index is 0.0723. The molecule has 1 heterocycles. The highest BCUT2D eigenvalue weighted by Crippen LogP contribution is 2.20. The van der Waals surface area contributed by atoms with Crippen LogP contribution in [0.2, 0.25) is 0 Å². The monoisotopic (exact) mass is 364 g/mol. The Balaban J connectivity index is 0.000000534. The average molecular weight is 365 g/mol. The number of carbonyl (C=O) groups excluding carboxylic acids is 1. The Labute approximate surface area is 132 Å². The van der Waals surface area contributed by atoms with Gasteiger partial charge in [0.1, 0.15) is 0 Å². The van der Waals surface area contributed by atoms with Gasteiger partial charge in [-0.2, -0.15) is 13.2 Å². The molecule has 1 amide bonds. The number of hydrogen-bond donors (Lipinski definition) is 2. The van der Waals surface area contributed by atoms with Crippen molar-refractivity contribution < 1.29 is 32.3 Å². The third-order valence-electron chi connectivity index (χ3n) is 2.08. The molecule has 22 heavy (non-hydrogen) atoms. The van der Waals surface area contributed by atoms with Crippen LogP contribution in [0.3, 0.4) is 0 Å². The van der Waals surface area contributed by atoms with E-state index >= 15 is 0 Å². The zero-order valence-corrected chi connectivity index (χ0v) is 13.0. The van der Waals surface area contributed by atoms with Crippen LogP contribution in [0.1, 0.15) is 22.7 Å². The van der Waals surface area contributed by atoms with Crippen LogP contribution in [0.15, 0.2) is 6.20 Å². The number of hydrogen-bond acceptors (Lipinski definition) is 4. The molecule has 0 aliphatic carbocycles. The molecule has 1 aromatic heterocycles. The van der Waals surface area contributed by atoms with Crippen molar-refractivity contribution in [1.29, 1.82) is 0 Å². The smallest absolute Gasteiger partial charge is 0.475 e. The summed E-state index contributed by atoms with van der Waals surface area (Å²) >= 11 is 6.54. The van der Waals surface area contributed by atoms with Crippen molar-refractivity contribution in [3.63, 3.8) is 0 Å². The molecule has 0 aromatic carbocycles. The fourth-order valence-corrected chi connectivity index (χ4v) is 1.92. The Kier molecular flexibility index (Phi) is 8.31. The molecule has 2 N–H and O–H groups in total. The Morgan fingerprint density at radius 2 is 2.00 bits per heavy atom. The van der Waals surface area contributed by atoms with Gasteiger partial charge in [-0.25, -0.2) is 14.2 Å². The van der Waals surface area contributed by atoms with Crippen molar-refractivity contribution in [2.75, 3.05) is 6.54 Å². The SMILES string of the molecule is Cc1cnc(C(C)CNC(=O)C(F)Cl)s1.O=C(O)C(F)(F)F. The molecule has 0 aliphatic heterocycles. The first-order valence-electron chi connectivity index (χ1n) is 5.73. The first-order valence-corrected chi connectivity index (χ1v) is 6.98. The Morgan fingerprint density at radius 3 is 2.32 bits per heavy atom. The summed E-state index contributed by atoms with van der Waals surface area (Å²) in [6.45, 7) is 4.22. The molecule has 126 valence electrons. The molecule has 1 rings (SSSR count). The van der Waals surface area contributed by atoms with Gasteiger partial charge in [-0.15, -0.1) is 11.3 Å². The van der Waals surface area contributed by atoms with Gasteiger partial charge in [0.05, 0.1) is 5.01 Å². The first-order chi connectivity index (χ1) is 9.95. The number of carbonyl (C=O) groups is 2. The van der Waals surface area contributed by atoms with Crippen LogP contribution in [0.4, 0.5) is 17.6 Å². The number of alkyl halides is 5. The lowest BCUT2D eigenvalue weighted by atomic mass is 10.2. The molecule has 0 bridgehead atoms. The van der Waals surface area contributed by atoms with Gasteiger partial charge in [0.15, 0.2) is 0 Å². The molecule has 2 atom stereocenters. The van der Waals surface area contributed by atoms with Crippen LogP contribution >= 0.6 is 22.9 Å². The van der Waals surface area contributed by atoms with E-state index in [4.69, 9.17) is 21.5 Å². The number of amides is 1. The highest BCUT2D eigenvalue weighted by Gasteiger charge is 2.38. The highest BCUT2D eigenvalue weighted by atomic mass is 35.5. The third kappa shape index (κ3) is 8.13. The molecule has 0 fully saturated rings. The van der Waals surface area contributed by atoms with Crippen molar-refractivity contribution in [3.05, 3.63) is 16.1 Å². The largest absolute Gasteiger partial charge is 0.490 e. The second-order valence-corrected chi connectivity index (χ2v) is 5.71. The molecule has 2 unspecified atom stereocenters. The quantitative estimate of drug-likeness (QED) is 0.636. The number of carboxylic acid groups (broad SMARTS) is 1.